The molecule has 12 heteroatoms. The predicted octanol–water partition coefficient (Wildman–Crippen LogP) is 3.73. The summed E-state index contributed by atoms with van der Waals surface area (Å²) in [6.07, 6.45) is 0. The SMILES string of the molecule is O=C(O)c1ccc(OCCOCCOc2ccc(C(=O)O)c(OCCOCCOc3ccc(C(=O)O)cc3)c2)cc1. The van der Waals surface area contributed by atoms with Crippen LogP contribution in [-0.4, -0.2) is 86.1 Å². The fourth-order valence-electron chi connectivity index (χ4n) is 3.35. The van der Waals surface area contributed by atoms with Gasteiger partial charge in [0.25, 0.3) is 0 Å². The van der Waals surface area contributed by atoms with E-state index in [0.29, 0.717) is 23.9 Å². The zero-order chi connectivity index (χ0) is 29.5. The lowest BCUT2D eigenvalue weighted by molar-refractivity contribution is 0.0666. The Kier molecular flexibility index (Phi) is 12.2. The molecule has 0 radical (unpaired) electrons. The van der Waals surface area contributed by atoms with Crippen LogP contribution >= 0.6 is 0 Å². The minimum atomic E-state index is -1.14. The summed E-state index contributed by atoms with van der Waals surface area (Å²) in [4.78, 5) is 33.3. The largest absolute Gasteiger partial charge is 0.491 e. The number of aromatic carboxylic acids is 3. The molecule has 0 heterocycles. The number of hydrogen-bond acceptors (Lipinski definition) is 9. The molecule has 0 aliphatic rings. The van der Waals surface area contributed by atoms with E-state index in [1.165, 1.54) is 42.5 Å². The van der Waals surface area contributed by atoms with Crippen molar-refractivity contribution in [3.05, 3.63) is 83.4 Å². The molecule has 0 aliphatic carbocycles. The van der Waals surface area contributed by atoms with E-state index < -0.39 is 17.9 Å². The molecular formula is C29H30O12. The summed E-state index contributed by atoms with van der Waals surface area (Å²) in [6, 6.07) is 16.5. The van der Waals surface area contributed by atoms with Gasteiger partial charge in [-0.05, 0) is 60.7 Å². The van der Waals surface area contributed by atoms with Gasteiger partial charge in [0.1, 0.15) is 55.0 Å². The fourth-order valence-corrected chi connectivity index (χ4v) is 3.35. The molecule has 0 fully saturated rings. The molecule has 0 bridgehead atoms. The highest BCUT2D eigenvalue weighted by Gasteiger charge is 2.13. The Labute approximate surface area is 235 Å². The number of carboxylic acids is 3. The average molecular weight is 571 g/mol. The van der Waals surface area contributed by atoms with Crippen molar-refractivity contribution in [1.82, 2.24) is 0 Å². The van der Waals surface area contributed by atoms with Gasteiger partial charge in [0.15, 0.2) is 0 Å². The van der Waals surface area contributed by atoms with Crippen LogP contribution in [0.5, 0.6) is 23.0 Å². The third kappa shape index (κ3) is 10.7. The lowest BCUT2D eigenvalue weighted by Crippen LogP contribution is -2.14. The second kappa shape index (κ2) is 16.3. The van der Waals surface area contributed by atoms with Crippen molar-refractivity contribution >= 4 is 17.9 Å². The number of benzene rings is 3. The maximum Gasteiger partial charge on any atom is 0.339 e. The highest BCUT2D eigenvalue weighted by atomic mass is 16.6. The second-order valence-corrected chi connectivity index (χ2v) is 8.24. The summed E-state index contributed by atoms with van der Waals surface area (Å²) >= 11 is 0. The van der Waals surface area contributed by atoms with Gasteiger partial charge in [-0.1, -0.05) is 0 Å². The van der Waals surface area contributed by atoms with Gasteiger partial charge in [0.2, 0.25) is 0 Å². The first kappa shape index (κ1) is 30.7. The number of ether oxygens (including phenoxy) is 6. The van der Waals surface area contributed by atoms with Crippen molar-refractivity contribution in [3.8, 4) is 23.0 Å². The van der Waals surface area contributed by atoms with Crippen LogP contribution in [0.25, 0.3) is 0 Å². The van der Waals surface area contributed by atoms with Gasteiger partial charge in [-0.3, -0.25) is 0 Å². The van der Waals surface area contributed by atoms with E-state index in [1.54, 1.807) is 24.3 Å². The van der Waals surface area contributed by atoms with E-state index in [9.17, 15) is 19.5 Å². The molecule has 0 aliphatic heterocycles. The maximum atomic E-state index is 11.6. The van der Waals surface area contributed by atoms with Gasteiger partial charge in [0, 0.05) is 6.07 Å². The van der Waals surface area contributed by atoms with Crippen LogP contribution in [0.1, 0.15) is 31.1 Å². The number of hydrogen-bond donors (Lipinski definition) is 3. The van der Waals surface area contributed by atoms with E-state index in [2.05, 4.69) is 0 Å². The number of carboxylic acid groups (broad SMARTS) is 3. The van der Waals surface area contributed by atoms with Gasteiger partial charge in [-0.15, -0.1) is 0 Å². The normalized spacial score (nSPS) is 10.5. The van der Waals surface area contributed by atoms with Gasteiger partial charge < -0.3 is 43.7 Å². The monoisotopic (exact) mass is 570 g/mol. The lowest BCUT2D eigenvalue weighted by Gasteiger charge is -2.13. The molecule has 0 saturated carbocycles. The molecule has 3 N–H and O–H groups in total. The molecule has 0 saturated heterocycles. The molecule has 0 atom stereocenters. The minimum absolute atomic E-state index is 0.0183. The topological polar surface area (TPSA) is 167 Å². The minimum Gasteiger partial charge on any atom is -0.491 e. The highest BCUT2D eigenvalue weighted by molar-refractivity contribution is 5.91. The van der Waals surface area contributed by atoms with Crippen molar-refractivity contribution in [3.63, 3.8) is 0 Å². The van der Waals surface area contributed by atoms with Gasteiger partial charge in [0.05, 0.1) is 37.6 Å². The average Bonchev–Trinajstić information content (AvgIpc) is 2.96. The quantitative estimate of drug-likeness (QED) is 0.179. The summed E-state index contributed by atoms with van der Waals surface area (Å²) in [6.45, 7) is 1.80. The Morgan fingerprint density at radius 1 is 0.463 bits per heavy atom. The van der Waals surface area contributed by atoms with Crippen LogP contribution in [-0.2, 0) is 9.47 Å². The predicted molar refractivity (Wildman–Crippen MR) is 144 cm³/mol. The van der Waals surface area contributed by atoms with Crippen molar-refractivity contribution < 1.29 is 58.1 Å². The van der Waals surface area contributed by atoms with Crippen LogP contribution in [0.2, 0.25) is 0 Å². The Bertz CT molecular complexity index is 1270. The van der Waals surface area contributed by atoms with E-state index >= 15 is 0 Å². The van der Waals surface area contributed by atoms with Crippen molar-refractivity contribution in [2.24, 2.45) is 0 Å². The molecule has 3 aromatic rings. The molecule has 0 amide bonds. The molecule has 3 aromatic carbocycles. The molecule has 218 valence electrons. The van der Waals surface area contributed by atoms with Crippen molar-refractivity contribution in [2.75, 3.05) is 52.9 Å². The Morgan fingerprint density at radius 2 is 0.854 bits per heavy atom. The van der Waals surface area contributed by atoms with E-state index in [-0.39, 0.29) is 68.7 Å². The van der Waals surface area contributed by atoms with Crippen molar-refractivity contribution in [2.45, 2.75) is 0 Å². The van der Waals surface area contributed by atoms with Crippen LogP contribution in [0.3, 0.4) is 0 Å². The standard InChI is InChI=1S/C29H30O12/c30-27(31)20-1-5-22(6-2-20)38-15-11-36-13-17-40-24-9-10-25(29(34)35)26(19-24)41-18-14-37-12-16-39-23-7-3-21(4-8-23)28(32)33/h1-10,19H,11-18H2,(H,30,31)(H,32,33)(H,34,35). The van der Waals surface area contributed by atoms with Crippen LogP contribution in [0, 0.1) is 0 Å². The lowest BCUT2D eigenvalue weighted by atomic mass is 10.2. The Morgan fingerprint density at radius 3 is 1.27 bits per heavy atom. The molecule has 12 nitrogen and oxygen atoms in total. The zero-order valence-electron chi connectivity index (χ0n) is 22.0. The van der Waals surface area contributed by atoms with Gasteiger partial charge >= 0.3 is 17.9 Å². The van der Waals surface area contributed by atoms with Crippen LogP contribution < -0.4 is 18.9 Å². The molecule has 3 rings (SSSR count). The van der Waals surface area contributed by atoms with E-state index in [4.69, 9.17) is 38.6 Å². The smallest absolute Gasteiger partial charge is 0.339 e. The number of rotatable bonds is 19. The van der Waals surface area contributed by atoms with Gasteiger partial charge in [-0.25, -0.2) is 14.4 Å². The maximum absolute atomic E-state index is 11.6. The third-order valence-electron chi connectivity index (χ3n) is 5.36. The first-order valence-corrected chi connectivity index (χ1v) is 12.5. The second-order valence-electron chi connectivity index (χ2n) is 8.24. The van der Waals surface area contributed by atoms with Crippen LogP contribution in [0.4, 0.5) is 0 Å². The molecule has 41 heavy (non-hydrogen) atoms. The molecule has 0 unspecified atom stereocenters. The summed E-state index contributed by atoms with van der Waals surface area (Å²) in [7, 11) is 0. The summed E-state index contributed by atoms with van der Waals surface area (Å²) in [5.41, 5.74) is 0.324. The molecule has 0 aromatic heterocycles. The molecule has 0 spiro atoms. The zero-order valence-corrected chi connectivity index (χ0v) is 22.0. The third-order valence-corrected chi connectivity index (χ3v) is 5.36. The summed E-state index contributed by atoms with van der Waals surface area (Å²) < 4.78 is 33.1. The van der Waals surface area contributed by atoms with E-state index in [1.807, 2.05) is 0 Å². The highest BCUT2D eigenvalue weighted by Crippen LogP contribution is 2.25. The fraction of sp³-hybridized carbons (Fsp3) is 0.276. The van der Waals surface area contributed by atoms with Crippen LogP contribution in [0.15, 0.2) is 66.7 Å². The Balaban J connectivity index is 1.31. The molecular weight excluding hydrogens is 540 g/mol. The first-order chi connectivity index (χ1) is 19.8. The van der Waals surface area contributed by atoms with Gasteiger partial charge in [-0.2, -0.15) is 0 Å². The first-order valence-electron chi connectivity index (χ1n) is 12.5. The number of carbonyl (C=O) groups is 3. The van der Waals surface area contributed by atoms with Crippen molar-refractivity contribution in [1.29, 1.82) is 0 Å². The summed E-state index contributed by atoms with van der Waals surface area (Å²) in [5, 5.41) is 27.3. The van der Waals surface area contributed by atoms with E-state index in [0.717, 1.165) is 0 Å². The summed E-state index contributed by atoms with van der Waals surface area (Å²) in [5.74, 6) is -1.57. The Hall–Kier alpha value is -4.81.